The molecule has 0 aliphatic carbocycles. The van der Waals surface area contributed by atoms with Gasteiger partial charge in [0.2, 0.25) is 0 Å². The number of hydrogen-bond donors (Lipinski definition) is 1. The molecule has 0 atom stereocenters. The van der Waals surface area contributed by atoms with E-state index in [0.717, 1.165) is 10.7 Å². The Morgan fingerprint density at radius 1 is 1.24 bits per heavy atom. The van der Waals surface area contributed by atoms with E-state index in [0.29, 0.717) is 0 Å². The smallest absolute Gasteiger partial charge is 0.265 e. The van der Waals surface area contributed by atoms with Crippen molar-refractivity contribution >= 4 is 28.8 Å². The average molecular weight is 352 g/mol. The maximum atomic E-state index is 4.21. The van der Waals surface area contributed by atoms with E-state index in [-0.39, 0.29) is 0 Å². The van der Waals surface area contributed by atoms with Gasteiger partial charge in [0.05, 0.1) is 19.5 Å². The van der Waals surface area contributed by atoms with Gasteiger partial charge < -0.3 is 0 Å². The highest BCUT2D eigenvalue weighted by Gasteiger charge is 2.15. The zero-order valence-corrected chi connectivity index (χ0v) is 15.7. The van der Waals surface area contributed by atoms with Gasteiger partial charge >= 0.3 is 0 Å². The third-order valence-electron chi connectivity index (χ3n) is 4.06. The Balaban J connectivity index is 1.83. The molecule has 3 aromatic rings. The quantitative estimate of drug-likeness (QED) is 0.341. The van der Waals surface area contributed by atoms with Crippen LogP contribution >= 0.6 is 11.8 Å². The molecule has 128 valence electrons. The fraction of sp³-hybridized carbons (Fsp3) is 0.211. The Bertz CT molecular complexity index is 938. The number of aromatic nitrogens is 2. The molecule has 1 aromatic carbocycles. The summed E-state index contributed by atoms with van der Waals surface area (Å²) in [7, 11) is 3.84. The molecule has 25 heavy (non-hydrogen) atoms. The van der Waals surface area contributed by atoms with Crippen molar-refractivity contribution in [2.75, 3.05) is 13.3 Å². The molecular formula is C19H22N5S+. The van der Waals surface area contributed by atoms with Crippen LogP contribution in [0.5, 0.6) is 0 Å². The number of aryl methyl sites for hydroxylation is 2. The molecule has 0 spiro atoms. The maximum Gasteiger partial charge on any atom is 0.286 e. The minimum Gasteiger partial charge on any atom is -0.265 e. The Morgan fingerprint density at radius 3 is 2.68 bits per heavy atom. The van der Waals surface area contributed by atoms with Gasteiger partial charge in [-0.15, -0.1) is 0 Å². The second-order valence-corrected chi connectivity index (χ2v) is 6.56. The number of pyridine rings is 1. The van der Waals surface area contributed by atoms with Gasteiger partial charge in [0.1, 0.15) is 6.20 Å². The van der Waals surface area contributed by atoms with Crippen LogP contribution in [0.4, 0.5) is 0 Å². The summed E-state index contributed by atoms with van der Waals surface area (Å²) in [5, 5.41) is 5.00. The number of thioether (sulfide) groups is 1. The highest BCUT2D eigenvalue weighted by Crippen LogP contribution is 2.20. The molecule has 0 fully saturated rings. The number of nitrogens with zero attached hydrogens (tertiary/aromatic N) is 4. The van der Waals surface area contributed by atoms with Crippen LogP contribution < -0.4 is 9.83 Å². The second-order valence-electron chi connectivity index (χ2n) is 5.77. The number of rotatable bonds is 3. The molecule has 6 heteroatoms. The second kappa shape index (κ2) is 7.53. The van der Waals surface area contributed by atoms with Crippen molar-refractivity contribution in [3.8, 4) is 11.3 Å². The van der Waals surface area contributed by atoms with Crippen molar-refractivity contribution in [3.05, 3.63) is 59.9 Å². The van der Waals surface area contributed by atoms with E-state index in [1.54, 1.807) is 13.3 Å². The number of amidine groups is 1. The average Bonchev–Trinajstić information content (AvgIpc) is 2.96. The topological polar surface area (TPSA) is 45.8 Å². The number of imidazole rings is 1. The molecular weight excluding hydrogens is 330 g/mol. The summed E-state index contributed by atoms with van der Waals surface area (Å²) in [4.78, 5) is 4.08. The maximum absolute atomic E-state index is 4.21. The summed E-state index contributed by atoms with van der Waals surface area (Å²) in [5.74, 6) is 0. The molecule has 0 radical (unpaired) electrons. The van der Waals surface area contributed by atoms with Gasteiger partial charge in [-0.05, 0) is 42.5 Å². The van der Waals surface area contributed by atoms with Crippen LogP contribution in [0.15, 0.2) is 58.9 Å². The fourth-order valence-corrected chi connectivity index (χ4v) is 3.01. The summed E-state index contributed by atoms with van der Waals surface area (Å²) in [5.41, 5.74) is 8.74. The monoisotopic (exact) mass is 352 g/mol. The molecule has 0 saturated carbocycles. The van der Waals surface area contributed by atoms with E-state index in [4.69, 9.17) is 0 Å². The number of hydrogen-bond acceptors (Lipinski definition) is 3. The lowest BCUT2D eigenvalue weighted by molar-refractivity contribution is -0.510. The van der Waals surface area contributed by atoms with Crippen LogP contribution in [-0.2, 0) is 7.05 Å². The van der Waals surface area contributed by atoms with E-state index in [1.165, 1.54) is 34.2 Å². The van der Waals surface area contributed by atoms with Crippen LogP contribution in [0.2, 0.25) is 0 Å². The van der Waals surface area contributed by atoms with Crippen molar-refractivity contribution in [3.63, 3.8) is 0 Å². The zero-order valence-electron chi connectivity index (χ0n) is 14.9. The first kappa shape index (κ1) is 17.2. The summed E-state index contributed by atoms with van der Waals surface area (Å²) in [6.07, 6.45) is 8.01. The van der Waals surface area contributed by atoms with Crippen LogP contribution in [0.25, 0.3) is 16.9 Å². The largest absolute Gasteiger partial charge is 0.286 e. The van der Waals surface area contributed by atoms with E-state index < -0.39 is 0 Å². The molecule has 2 aromatic heterocycles. The van der Waals surface area contributed by atoms with E-state index in [2.05, 4.69) is 87.3 Å². The van der Waals surface area contributed by atoms with Crippen LogP contribution in [-0.4, -0.2) is 29.3 Å². The predicted molar refractivity (Wildman–Crippen MR) is 106 cm³/mol. The summed E-state index contributed by atoms with van der Waals surface area (Å²) in [6.45, 7) is 2.11. The molecule has 2 heterocycles. The number of hydrazone groups is 1. The van der Waals surface area contributed by atoms with Crippen molar-refractivity contribution in [1.29, 1.82) is 0 Å². The number of nitrogens with one attached hydrogen (secondary N) is 1. The van der Waals surface area contributed by atoms with Crippen molar-refractivity contribution in [2.45, 2.75) is 6.92 Å². The predicted octanol–water partition coefficient (Wildman–Crippen LogP) is 3.01. The Morgan fingerprint density at radius 2 is 2.00 bits per heavy atom. The highest BCUT2D eigenvalue weighted by atomic mass is 32.2. The van der Waals surface area contributed by atoms with Gasteiger partial charge in [-0.1, -0.05) is 23.9 Å². The van der Waals surface area contributed by atoms with E-state index in [1.807, 2.05) is 6.26 Å². The molecule has 3 rings (SSSR count). The van der Waals surface area contributed by atoms with Crippen LogP contribution in [0.3, 0.4) is 0 Å². The van der Waals surface area contributed by atoms with Crippen molar-refractivity contribution < 1.29 is 4.40 Å². The molecule has 0 unspecified atom stereocenters. The third kappa shape index (κ3) is 3.74. The Labute approximate surface area is 152 Å². The van der Waals surface area contributed by atoms with E-state index in [9.17, 15) is 0 Å². The molecule has 1 N–H and O–H groups in total. The SMILES string of the molecule is CN=C(N/N=C/c1ccc(-c2c[n+]3ccc(C)cc3n2C)cc1)SC. The lowest BCUT2D eigenvalue weighted by atomic mass is 10.1. The zero-order chi connectivity index (χ0) is 17.8. The lowest BCUT2D eigenvalue weighted by Gasteiger charge is -2.00. The molecule has 0 saturated heterocycles. The van der Waals surface area contributed by atoms with Crippen LogP contribution in [0.1, 0.15) is 11.1 Å². The highest BCUT2D eigenvalue weighted by molar-refractivity contribution is 8.13. The Kier molecular flexibility index (Phi) is 5.19. The lowest BCUT2D eigenvalue weighted by Crippen LogP contribution is -2.18. The van der Waals surface area contributed by atoms with Crippen LogP contribution in [0, 0.1) is 6.92 Å². The fourth-order valence-electron chi connectivity index (χ4n) is 2.68. The standard InChI is InChI=1S/C19H22N5S/c1-14-9-10-24-13-17(23(3)18(24)11-14)16-7-5-15(6-8-16)12-21-22-19(20-2)25-4/h5-13H,1-4H3,(H,20,22)/q+1/b21-12+. The van der Waals surface area contributed by atoms with Gasteiger partial charge in [0.15, 0.2) is 10.9 Å². The number of benzene rings is 1. The molecule has 0 aliphatic heterocycles. The summed E-state index contributed by atoms with van der Waals surface area (Å²) >= 11 is 1.53. The molecule has 5 nitrogen and oxygen atoms in total. The minimum atomic E-state index is 0.788. The molecule has 0 bridgehead atoms. The van der Waals surface area contributed by atoms with Crippen molar-refractivity contribution in [1.82, 2.24) is 9.99 Å². The van der Waals surface area contributed by atoms with Crippen molar-refractivity contribution in [2.24, 2.45) is 17.1 Å². The molecule has 0 aliphatic rings. The molecule has 0 amide bonds. The number of aliphatic imine (C=N–C) groups is 1. The van der Waals surface area contributed by atoms with Gasteiger partial charge in [-0.2, -0.15) is 5.10 Å². The normalized spacial score (nSPS) is 12.2. The Hall–Kier alpha value is -2.60. The number of fused-ring (bicyclic) bond motifs is 1. The van der Waals surface area contributed by atoms with Gasteiger partial charge in [0.25, 0.3) is 5.65 Å². The minimum absolute atomic E-state index is 0.788. The first-order valence-corrected chi connectivity index (χ1v) is 9.22. The first-order valence-electron chi connectivity index (χ1n) is 8.00. The summed E-state index contributed by atoms with van der Waals surface area (Å²) in [6, 6.07) is 12.7. The third-order valence-corrected chi connectivity index (χ3v) is 4.72. The van der Waals surface area contributed by atoms with Gasteiger partial charge in [-0.3, -0.25) is 10.4 Å². The first-order chi connectivity index (χ1) is 12.1. The van der Waals surface area contributed by atoms with Gasteiger partial charge in [0, 0.05) is 18.7 Å². The summed E-state index contributed by atoms with van der Waals surface area (Å²) < 4.78 is 4.36. The van der Waals surface area contributed by atoms with Gasteiger partial charge in [-0.25, -0.2) is 8.97 Å². The van der Waals surface area contributed by atoms with E-state index >= 15 is 0 Å².